The van der Waals surface area contributed by atoms with Gasteiger partial charge in [0.15, 0.2) is 0 Å². The Hall–Kier alpha value is -1.99. The van der Waals surface area contributed by atoms with E-state index in [0.29, 0.717) is 12.1 Å². The number of benzene rings is 1. The zero-order valence-corrected chi connectivity index (χ0v) is 10.9. The van der Waals surface area contributed by atoms with Gasteiger partial charge in [-0.2, -0.15) is 5.26 Å². The molecule has 1 aromatic carbocycles. The third-order valence-electron chi connectivity index (χ3n) is 2.56. The van der Waals surface area contributed by atoms with Crippen molar-refractivity contribution >= 4 is 17.4 Å². The van der Waals surface area contributed by atoms with Crippen LogP contribution in [-0.4, -0.2) is 11.2 Å². The number of pyridine rings is 1. The number of hydrogen-bond donors (Lipinski definition) is 1. The van der Waals surface area contributed by atoms with Crippen LogP contribution in [0.5, 0.6) is 0 Å². The van der Waals surface area contributed by atoms with Gasteiger partial charge < -0.3 is 5.32 Å². The first-order chi connectivity index (χ1) is 8.85. The molecule has 1 aromatic heterocycles. The van der Waals surface area contributed by atoms with E-state index < -0.39 is 0 Å². The van der Waals surface area contributed by atoms with Crippen LogP contribution in [0, 0.1) is 11.3 Å². The van der Waals surface area contributed by atoms with Crippen LogP contribution >= 0.6 is 11.8 Å². The van der Waals surface area contributed by atoms with Gasteiger partial charge in [0.25, 0.3) is 0 Å². The van der Waals surface area contributed by atoms with Crippen LogP contribution in [-0.2, 0) is 6.54 Å². The molecule has 90 valence electrons. The largest absolute Gasteiger partial charge is 0.380 e. The molecule has 0 radical (unpaired) electrons. The molecule has 2 rings (SSSR count). The molecule has 4 heteroatoms. The van der Waals surface area contributed by atoms with Gasteiger partial charge in [-0.1, -0.05) is 12.1 Å². The van der Waals surface area contributed by atoms with E-state index in [1.807, 2.05) is 42.8 Å². The maximum Gasteiger partial charge on any atom is 0.102 e. The number of nitrogens with one attached hydrogen (secondary N) is 1. The van der Waals surface area contributed by atoms with Crippen LogP contribution in [0.3, 0.4) is 0 Å². The van der Waals surface area contributed by atoms with Crippen molar-refractivity contribution in [2.24, 2.45) is 0 Å². The van der Waals surface area contributed by atoms with Crippen LogP contribution in [0.2, 0.25) is 0 Å². The second kappa shape index (κ2) is 6.08. The minimum atomic E-state index is 0.667. The van der Waals surface area contributed by atoms with Crippen LogP contribution in [0.25, 0.3) is 0 Å². The molecule has 0 atom stereocenters. The van der Waals surface area contributed by atoms with E-state index in [1.165, 1.54) is 0 Å². The van der Waals surface area contributed by atoms with Crippen LogP contribution in [0.15, 0.2) is 47.6 Å². The van der Waals surface area contributed by atoms with E-state index >= 15 is 0 Å². The maximum absolute atomic E-state index is 9.21. The minimum Gasteiger partial charge on any atom is -0.380 e. The summed E-state index contributed by atoms with van der Waals surface area (Å²) in [6.45, 7) is 0.667. The molecule has 0 spiro atoms. The molecule has 1 heterocycles. The van der Waals surface area contributed by atoms with E-state index in [2.05, 4.69) is 16.4 Å². The smallest absolute Gasteiger partial charge is 0.102 e. The van der Waals surface area contributed by atoms with Crippen molar-refractivity contribution in [3.8, 4) is 6.07 Å². The van der Waals surface area contributed by atoms with Gasteiger partial charge >= 0.3 is 0 Å². The lowest BCUT2D eigenvalue weighted by atomic mass is 10.2. The van der Waals surface area contributed by atoms with Gasteiger partial charge in [0.05, 0.1) is 11.3 Å². The predicted octanol–water partition coefficient (Wildman–Crippen LogP) is 3.29. The van der Waals surface area contributed by atoms with Crippen molar-refractivity contribution in [1.29, 1.82) is 5.26 Å². The Bertz CT molecular complexity index is 561. The molecule has 0 aliphatic rings. The fraction of sp³-hybridized carbons (Fsp3) is 0.143. The van der Waals surface area contributed by atoms with Gasteiger partial charge in [-0.05, 0) is 30.0 Å². The molecule has 0 fully saturated rings. The molecular formula is C14H13N3S. The summed E-state index contributed by atoms with van der Waals surface area (Å²) in [5.41, 5.74) is 2.66. The van der Waals surface area contributed by atoms with Crippen molar-refractivity contribution in [2.45, 2.75) is 11.4 Å². The zero-order chi connectivity index (χ0) is 12.8. The van der Waals surface area contributed by atoms with E-state index in [4.69, 9.17) is 0 Å². The average Bonchev–Trinajstić information content (AvgIpc) is 2.45. The van der Waals surface area contributed by atoms with Crippen molar-refractivity contribution in [3.05, 3.63) is 53.9 Å². The Morgan fingerprint density at radius 3 is 2.89 bits per heavy atom. The Morgan fingerprint density at radius 1 is 1.33 bits per heavy atom. The Morgan fingerprint density at radius 2 is 2.22 bits per heavy atom. The highest BCUT2D eigenvalue weighted by Gasteiger charge is 2.06. The molecule has 0 aliphatic carbocycles. The molecule has 0 amide bonds. The van der Waals surface area contributed by atoms with E-state index in [-0.39, 0.29) is 0 Å². The third-order valence-corrected chi connectivity index (χ3v) is 3.34. The highest BCUT2D eigenvalue weighted by molar-refractivity contribution is 7.98. The summed E-state index contributed by atoms with van der Waals surface area (Å²) in [5, 5.41) is 12.5. The van der Waals surface area contributed by atoms with Crippen molar-refractivity contribution in [1.82, 2.24) is 4.98 Å². The molecule has 0 saturated heterocycles. The lowest BCUT2D eigenvalue weighted by Crippen LogP contribution is -2.02. The monoisotopic (exact) mass is 255 g/mol. The van der Waals surface area contributed by atoms with Gasteiger partial charge in [-0.25, -0.2) is 0 Å². The molecule has 0 unspecified atom stereocenters. The third kappa shape index (κ3) is 2.82. The summed E-state index contributed by atoms with van der Waals surface area (Å²) < 4.78 is 0. The SMILES string of the molecule is CSc1cccc(NCc2cccnc2)c1C#N. The molecule has 3 nitrogen and oxygen atoms in total. The first-order valence-electron chi connectivity index (χ1n) is 5.55. The van der Waals surface area contributed by atoms with Gasteiger partial charge in [0.1, 0.15) is 6.07 Å². The number of hydrogen-bond acceptors (Lipinski definition) is 4. The number of nitrogens with zero attached hydrogens (tertiary/aromatic N) is 2. The second-order valence-corrected chi connectivity index (χ2v) is 4.56. The Kier molecular flexibility index (Phi) is 4.21. The topological polar surface area (TPSA) is 48.7 Å². The normalized spacial score (nSPS) is 9.78. The van der Waals surface area contributed by atoms with Crippen LogP contribution < -0.4 is 5.32 Å². The lowest BCUT2D eigenvalue weighted by molar-refractivity contribution is 1.11. The van der Waals surface area contributed by atoms with Crippen molar-refractivity contribution < 1.29 is 0 Å². The summed E-state index contributed by atoms with van der Waals surface area (Å²) >= 11 is 1.58. The van der Waals surface area contributed by atoms with Crippen molar-refractivity contribution in [2.75, 3.05) is 11.6 Å². The second-order valence-electron chi connectivity index (χ2n) is 3.71. The predicted molar refractivity (Wildman–Crippen MR) is 74.5 cm³/mol. The first kappa shape index (κ1) is 12.5. The fourth-order valence-electron chi connectivity index (χ4n) is 1.66. The Balaban J connectivity index is 2.17. The van der Waals surface area contributed by atoms with E-state index in [1.54, 1.807) is 18.0 Å². The van der Waals surface area contributed by atoms with Gasteiger partial charge in [-0.3, -0.25) is 4.98 Å². The summed E-state index contributed by atoms with van der Waals surface area (Å²) in [4.78, 5) is 5.06. The summed E-state index contributed by atoms with van der Waals surface area (Å²) in [5.74, 6) is 0. The van der Waals surface area contributed by atoms with Crippen LogP contribution in [0.4, 0.5) is 5.69 Å². The standard InChI is InChI=1S/C14H13N3S/c1-18-14-6-2-5-13(12(14)8-15)17-10-11-4-3-7-16-9-11/h2-7,9,17H,10H2,1H3. The molecule has 1 N–H and O–H groups in total. The lowest BCUT2D eigenvalue weighted by Gasteiger charge is -2.10. The number of rotatable bonds is 4. The molecule has 0 aliphatic heterocycles. The average molecular weight is 255 g/mol. The van der Waals surface area contributed by atoms with Crippen LogP contribution in [0.1, 0.15) is 11.1 Å². The Labute approximate surface area is 111 Å². The molecule has 18 heavy (non-hydrogen) atoms. The fourth-order valence-corrected chi connectivity index (χ4v) is 2.24. The first-order valence-corrected chi connectivity index (χ1v) is 6.77. The molecule has 0 bridgehead atoms. The van der Waals surface area contributed by atoms with Gasteiger partial charge in [-0.15, -0.1) is 11.8 Å². The number of anilines is 1. The van der Waals surface area contributed by atoms with Crippen molar-refractivity contribution in [3.63, 3.8) is 0 Å². The van der Waals surface area contributed by atoms with E-state index in [0.717, 1.165) is 16.1 Å². The quantitative estimate of drug-likeness (QED) is 0.852. The maximum atomic E-state index is 9.21. The highest BCUT2D eigenvalue weighted by atomic mass is 32.2. The highest BCUT2D eigenvalue weighted by Crippen LogP contribution is 2.26. The zero-order valence-electron chi connectivity index (χ0n) is 10.1. The van der Waals surface area contributed by atoms with Gasteiger partial charge in [0.2, 0.25) is 0 Å². The van der Waals surface area contributed by atoms with Gasteiger partial charge in [0, 0.05) is 23.8 Å². The number of nitriles is 1. The molecule has 2 aromatic rings. The summed E-state index contributed by atoms with van der Waals surface area (Å²) in [6, 6.07) is 12.0. The minimum absolute atomic E-state index is 0.667. The summed E-state index contributed by atoms with van der Waals surface area (Å²) in [6.07, 6.45) is 5.54. The number of thioether (sulfide) groups is 1. The molecule has 0 saturated carbocycles. The molecular weight excluding hydrogens is 242 g/mol. The summed E-state index contributed by atoms with van der Waals surface area (Å²) in [7, 11) is 0. The van der Waals surface area contributed by atoms with E-state index in [9.17, 15) is 5.26 Å². The number of aromatic nitrogens is 1.